The van der Waals surface area contributed by atoms with Crippen molar-refractivity contribution in [3.63, 3.8) is 0 Å². The molecule has 22 heavy (non-hydrogen) atoms. The number of piperazine rings is 1. The SMILES string of the molecule is O=C(C1CCCO1)N1CCN(Cc2cccc(F)c2F)CC1. The molecule has 1 aromatic carbocycles. The highest BCUT2D eigenvalue weighted by molar-refractivity contribution is 5.81. The van der Waals surface area contributed by atoms with Gasteiger partial charge in [0.2, 0.25) is 0 Å². The number of nitrogens with zero attached hydrogens (tertiary/aromatic N) is 2. The van der Waals surface area contributed by atoms with E-state index in [0.717, 1.165) is 18.9 Å². The highest BCUT2D eigenvalue weighted by atomic mass is 19.2. The summed E-state index contributed by atoms with van der Waals surface area (Å²) in [7, 11) is 0. The number of amides is 1. The van der Waals surface area contributed by atoms with Gasteiger partial charge in [0, 0.05) is 44.9 Å². The molecular weight excluding hydrogens is 290 g/mol. The van der Waals surface area contributed by atoms with E-state index in [0.29, 0.717) is 44.9 Å². The van der Waals surface area contributed by atoms with Gasteiger partial charge in [0.25, 0.3) is 5.91 Å². The van der Waals surface area contributed by atoms with E-state index in [1.54, 1.807) is 6.07 Å². The second-order valence-corrected chi connectivity index (χ2v) is 5.82. The maximum absolute atomic E-state index is 13.7. The average molecular weight is 310 g/mol. The van der Waals surface area contributed by atoms with Gasteiger partial charge in [0.1, 0.15) is 6.10 Å². The fraction of sp³-hybridized carbons (Fsp3) is 0.562. The molecule has 0 aromatic heterocycles. The molecule has 2 aliphatic rings. The van der Waals surface area contributed by atoms with Crippen LogP contribution < -0.4 is 0 Å². The van der Waals surface area contributed by atoms with Crippen LogP contribution in [0.2, 0.25) is 0 Å². The normalized spacial score (nSPS) is 23.0. The smallest absolute Gasteiger partial charge is 0.251 e. The van der Waals surface area contributed by atoms with Gasteiger partial charge in [0.05, 0.1) is 0 Å². The molecule has 0 spiro atoms. The molecular formula is C16H20F2N2O2. The van der Waals surface area contributed by atoms with Gasteiger partial charge < -0.3 is 9.64 Å². The lowest BCUT2D eigenvalue weighted by molar-refractivity contribution is -0.142. The van der Waals surface area contributed by atoms with Crippen molar-refractivity contribution in [1.29, 1.82) is 0 Å². The largest absolute Gasteiger partial charge is 0.368 e. The van der Waals surface area contributed by atoms with E-state index in [1.165, 1.54) is 6.07 Å². The van der Waals surface area contributed by atoms with Crippen LogP contribution in [0.25, 0.3) is 0 Å². The Morgan fingerprint density at radius 1 is 1.23 bits per heavy atom. The van der Waals surface area contributed by atoms with Crippen molar-refractivity contribution < 1.29 is 18.3 Å². The van der Waals surface area contributed by atoms with Gasteiger partial charge in [-0.15, -0.1) is 0 Å². The van der Waals surface area contributed by atoms with Crippen molar-refractivity contribution in [2.75, 3.05) is 32.8 Å². The molecule has 2 aliphatic heterocycles. The second-order valence-electron chi connectivity index (χ2n) is 5.82. The van der Waals surface area contributed by atoms with Crippen molar-refractivity contribution in [1.82, 2.24) is 9.80 Å². The Kier molecular flexibility index (Phi) is 4.69. The highest BCUT2D eigenvalue weighted by Crippen LogP contribution is 2.18. The van der Waals surface area contributed by atoms with Crippen LogP contribution in [0, 0.1) is 11.6 Å². The molecule has 0 radical (unpaired) electrons. The monoisotopic (exact) mass is 310 g/mol. The summed E-state index contributed by atoms with van der Waals surface area (Å²) in [5.41, 5.74) is 0.360. The number of ether oxygens (including phenoxy) is 1. The summed E-state index contributed by atoms with van der Waals surface area (Å²) in [5, 5.41) is 0. The molecule has 1 aromatic rings. The molecule has 6 heteroatoms. The molecule has 0 bridgehead atoms. The number of rotatable bonds is 3. The minimum absolute atomic E-state index is 0.0640. The third kappa shape index (κ3) is 3.28. The second kappa shape index (κ2) is 6.71. The van der Waals surface area contributed by atoms with E-state index in [9.17, 15) is 13.6 Å². The van der Waals surface area contributed by atoms with Gasteiger partial charge >= 0.3 is 0 Å². The Morgan fingerprint density at radius 3 is 2.68 bits per heavy atom. The summed E-state index contributed by atoms with van der Waals surface area (Å²) < 4.78 is 32.3. The Labute approximate surface area is 128 Å². The van der Waals surface area contributed by atoms with Gasteiger partial charge in [-0.2, -0.15) is 0 Å². The maximum atomic E-state index is 13.7. The van der Waals surface area contributed by atoms with Crippen LogP contribution in [0.15, 0.2) is 18.2 Å². The minimum atomic E-state index is -0.815. The molecule has 3 rings (SSSR count). The molecule has 0 aliphatic carbocycles. The average Bonchev–Trinajstić information content (AvgIpc) is 3.06. The molecule has 2 heterocycles. The number of carbonyl (C=O) groups excluding carboxylic acids is 1. The fourth-order valence-corrected chi connectivity index (χ4v) is 3.01. The first-order chi connectivity index (χ1) is 10.6. The quantitative estimate of drug-likeness (QED) is 0.853. The van der Waals surface area contributed by atoms with Crippen molar-refractivity contribution >= 4 is 5.91 Å². The number of benzene rings is 1. The molecule has 1 unspecified atom stereocenters. The van der Waals surface area contributed by atoms with Crippen molar-refractivity contribution in [3.05, 3.63) is 35.4 Å². The molecule has 1 amide bonds. The Bertz CT molecular complexity index is 539. The standard InChI is InChI=1S/C16H20F2N2O2/c17-13-4-1-3-12(15(13)18)11-19-6-8-20(9-7-19)16(21)14-5-2-10-22-14/h1,3-4,14H,2,5-11H2. The summed E-state index contributed by atoms with van der Waals surface area (Å²) in [5.74, 6) is -1.53. The lowest BCUT2D eigenvalue weighted by atomic mass is 10.1. The lowest BCUT2D eigenvalue weighted by Crippen LogP contribution is -2.51. The first-order valence-corrected chi connectivity index (χ1v) is 7.71. The van der Waals surface area contributed by atoms with Gasteiger partial charge in [-0.1, -0.05) is 12.1 Å². The summed E-state index contributed by atoms with van der Waals surface area (Å²) in [6.45, 7) is 3.56. The zero-order chi connectivity index (χ0) is 15.5. The maximum Gasteiger partial charge on any atom is 0.251 e. The molecule has 1 atom stereocenters. The number of carbonyl (C=O) groups is 1. The summed E-state index contributed by atoms with van der Waals surface area (Å²) in [4.78, 5) is 16.1. The lowest BCUT2D eigenvalue weighted by Gasteiger charge is -2.35. The third-order valence-electron chi connectivity index (χ3n) is 4.31. The van der Waals surface area contributed by atoms with Gasteiger partial charge in [-0.3, -0.25) is 9.69 Å². The van der Waals surface area contributed by atoms with Gasteiger partial charge in [-0.05, 0) is 18.9 Å². The Balaban J connectivity index is 1.53. The minimum Gasteiger partial charge on any atom is -0.368 e. The van der Waals surface area contributed by atoms with Gasteiger partial charge in [0.15, 0.2) is 11.6 Å². The third-order valence-corrected chi connectivity index (χ3v) is 4.31. The zero-order valence-corrected chi connectivity index (χ0v) is 12.4. The van der Waals surface area contributed by atoms with Crippen LogP contribution in [-0.2, 0) is 16.1 Å². The van der Waals surface area contributed by atoms with E-state index < -0.39 is 11.6 Å². The summed E-state index contributed by atoms with van der Waals surface area (Å²) in [6.07, 6.45) is 1.45. The molecule has 4 nitrogen and oxygen atoms in total. The van der Waals surface area contributed by atoms with Gasteiger partial charge in [-0.25, -0.2) is 8.78 Å². The Hall–Kier alpha value is -1.53. The van der Waals surface area contributed by atoms with E-state index in [2.05, 4.69) is 0 Å². The first kappa shape index (κ1) is 15.4. The van der Waals surface area contributed by atoms with E-state index in [1.807, 2.05) is 9.80 Å². The van der Waals surface area contributed by atoms with Crippen molar-refractivity contribution in [2.24, 2.45) is 0 Å². The van der Waals surface area contributed by atoms with E-state index in [4.69, 9.17) is 4.74 Å². The van der Waals surface area contributed by atoms with E-state index in [-0.39, 0.29) is 12.0 Å². The zero-order valence-electron chi connectivity index (χ0n) is 12.4. The fourth-order valence-electron chi connectivity index (χ4n) is 3.01. The molecule has 0 saturated carbocycles. The van der Waals surface area contributed by atoms with Crippen molar-refractivity contribution in [3.8, 4) is 0 Å². The number of hydrogen-bond acceptors (Lipinski definition) is 3. The molecule has 2 fully saturated rings. The molecule has 2 saturated heterocycles. The Morgan fingerprint density at radius 2 is 2.00 bits per heavy atom. The topological polar surface area (TPSA) is 32.8 Å². The van der Waals surface area contributed by atoms with Crippen molar-refractivity contribution in [2.45, 2.75) is 25.5 Å². The first-order valence-electron chi connectivity index (χ1n) is 7.71. The van der Waals surface area contributed by atoms with Crippen LogP contribution in [0.1, 0.15) is 18.4 Å². The van der Waals surface area contributed by atoms with Crippen LogP contribution >= 0.6 is 0 Å². The summed E-state index contributed by atoms with van der Waals surface area (Å²) >= 11 is 0. The molecule has 120 valence electrons. The van der Waals surface area contributed by atoms with E-state index >= 15 is 0 Å². The number of halogens is 2. The van der Waals surface area contributed by atoms with Crippen LogP contribution in [0.5, 0.6) is 0 Å². The van der Waals surface area contributed by atoms with Crippen LogP contribution in [0.3, 0.4) is 0 Å². The van der Waals surface area contributed by atoms with Crippen LogP contribution in [0.4, 0.5) is 8.78 Å². The van der Waals surface area contributed by atoms with Crippen LogP contribution in [-0.4, -0.2) is 54.6 Å². The predicted octanol–water partition coefficient (Wildman–Crippen LogP) is 1.79. The predicted molar refractivity (Wildman–Crippen MR) is 77.2 cm³/mol. The molecule has 0 N–H and O–H groups in total. The number of hydrogen-bond donors (Lipinski definition) is 0. The summed E-state index contributed by atoms with van der Waals surface area (Å²) in [6, 6.07) is 4.24. The highest BCUT2D eigenvalue weighted by Gasteiger charge is 2.30.